The number of hydrogen-bond acceptors (Lipinski definition) is 3. The predicted octanol–water partition coefficient (Wildman–Crippen LogP) is 3.29. The molecule has 2 aromatic rings. The van der Waals surface area contributed by atoms with Crippen LogP contribution >= 0.6 is 0 Å². The van der Waals surface area contributed by atoms with Gasteiger partial charge in [-0.3, -0.25) is 0 Å². The molecule has 0 saturated carbocycles. The summed E-state index contributed by atoms with van der Waals surface area (Å²) in [6.07, 6.45) is 0. The van der Waals surface area contributed by atoms with E-state index in [0.29, 0.717) is 11.3 Å². The molecule has 5 heteroatoms. The zero-order valence-electron chi connectivity index (χ0n) is 11.5. The van der Waals surface area contributed by atoms with Crippen molar-refractivity contribution in [1.29, 1.82) is 0 Å². The van der Waals surface area contributed by atoms with Crippen LogP contribution in [-0.2, 0) is 0 Å². The van der Waals surface area contributed by atoms with Crippen LogP contribution in [0.5, 0.6) is 11.5 Å². The molecule has 0 radical (unpaired) electrons. The number of halogens is 1. The number of carboxylic acids is 1. The van der Waals surface area contributed by atoms with E-state index in [2.05, 4.69) is 0 Å². The molecular formula is C16H15FO4. The number of hydrogen-bond donors (Lipinski definition) is 1. The molecule has 2 aromatic carbocycles. The van der Waals surface area contributed by atoms with Crippen LogP contribution in [0, 0.1) is 12.7 Å². The fraction of sp³-hybridized carbons (Fsp3) is 0.188. The van der Waals surface area contributed by atoms with Crippen LogP contribution in [0.1, 0.15) is 15.9 Å². The number of aryl methyl sites for hydroxylation is 1. The van der Waals surface area contributed by atoms with E-state index in [4.69, 9.17) is 14.6 Å². The van der Waals surface area contributed by atoms with Crippen LogP contribution < -0.4 is 9.47 Å². The van der Waals surface area contributed by atoms with Crippen molar-refractivity contribution in [2.75, 3.05) is 13.2 Å². The Morgan fingerprint density at radius 3 is 2.57 bits per heavy atom. The first-order chi connectivity index (χ1) is 10.1. The monoisotopic (exact) mass is 290 g/mol. The minimum absolute atomic E-state index is 0.0962. The first kappa shape index (κ1) is 14.8. The molecule has 1 N–H and O–H groups in total. The lowest BCUT2D eigenvalue weighted by Gasteiger charge is -2.10. The van der Waals surface area contributed by atoms with Crippen molar-refractivity contribution in [2.24, 2.45) is 0 Å². The normalized spacial score (nSPS) is 10.2. The fourth-order valence-corrected chi connectivity index (χ4v) is 1.74. The Labute approximate surface area is 121 Å². The van der Waals surface area contributed by atoms with Crippen molar-refractivity contribution < 1.29 is 23.8 Å². The molecule has 0 aromatic heterocycles. The number of carboxylic acid groups (broad SMARTS) is 1. The Balaban J connectivity index is 1.87. The number of benzene rings is 2. The summed E-state index contributed by atoms with van der Waals surface area (Å²) >= 11 is 0. The first-order valence-electron chi connectivity index (χ1n) is 6.42. The molecule has 0 aliphatic rings. The van der Waals surface area contributed by atoms with Crippen LogP contribution in [-0.4, -0.2) is 24.3 Å². The molecule has 110 valence electrons. The smallest absolute Gasteiger partial charge is 0.339 e. The summed E-state index contributed by atoms with van der Waals surface area (Å²) in [4.78, 5) is 11.0. The Morgan fingerprint density at radius 1 is 1.14 bits per heavy atom. The van der Waals surface area contributed by atoms with Crippen LogP contribution in [0.4, 0.5) is 4.39 Å². The van der Waals surface area contributed by atoms with Crippen molar-refractivity contribution in [3.05, 3.63) is 59.4 Å². The van der Waals surface area contributed by atoms with E-state index in [0.717, 1.165) is 0 Å². The van der Waals surface area contributed by atoms with Gasteiger partial charge in [0.15, 0.2) is 0 Å². The summed E-state index contributed by atoms with van der Waals surface area (Å²) in [7, 11) is 0. The Morgan fingerprint density at radius 2 is 1.86 bits per heavy atom. The number of ether oxygens (including phenoxy) is 2. The minimum atomic E-state index is -1.05. The highest BCUT2D eigenvalue weighted by atomic mass is 19.1. The van der Waals surface area contributed by atoms with E-state index in [1.165, 1.54) is 12.1 Å². The van der Waals surface area contributed by atoms with Crippen LogP contribution in [0.2, 0.25) is 0 Å². The van der Waals surface area contributed by atoms with E-state index >= 15 is 0 Å². The van der Waals surface area contributed by atoms with E-state index in [-0.39, 0.29) is 30.3 Å². The highest BCUT2D eigenvalue weighted by Gasteiger charge is 2.09. The van der Waals surface area contributed by atoms with E-state index < -0.39 is 5.97 Å². The summed E-state index contributed by atoms with van der Waals surface area (Å²) in [5, 5.41) is 9.00. The summed E-state index contributed by atoms with van der Waals surface area (Å²) in [5.74, 6) is -0.686. The molecule has 0 bridgehead atoms. The average Bonchev–Trinajstić information content (AvgIpc) is 2.47. The van der Waals surface area contributed by atoms with Gasteiger partial charge in [0.2, 0.25) is 0 Å². The molecule has 0 atom stereocenters. The molecule has 0 fully saturated rings. The maximum atomic E-state index is 13.3. The van der Waals surface area contributed by atoms with Gasteiger partial charge in [-0.1, -0.05) is 18.2 Å². The Bertz CT molecular complexity index is 640. The molecule has 0 heterocycles. The number of para-hydroxylation sites is 1. The van der Waals surface area contributed by atoms with Gasteiger partial charge in [0.1, 0.15) is 36.1 Å². The summed E-state index contributed by atoms with van der Waals surface area (Å²) in [6.45, 7) is 2.03. The van der Waals surface area contributed by atoms with Gasteiger partial charge in [0.05, 0.1) is 0 Å². The summed E-state index contributed by atoms with van der Waals surface area (Å²) < 4.78 is 24.0. The average molecular weight is 290 g/mol. The van der Waals surface area contributed by atoms with Gasteiger partial charge in [-0.15, -0.1) is 0 Å². The topological polar surface area (TPSA) is 55.8 Å². The SMILES string of the molecule is Cc1ccc(OCCOc2ccccc2C(=O)O)cc1F. The van der Waals surface area contributed by atoms with Gasteiger partial charge in [-0.05, 0) is 30.7 Å². The standard InChI is InChI=1S/C16H15FO4/c1-11-6-7-12(10-14(11)17)20-8-9-21-15-5-3-2-4-13(15)16(18)19/h2-7,10H,8-9H2,1H3,(H,18,19). The second kappa shape index (κ2) is 6.74. The maximum absolute atomic E-state index is 13.3. The van der Waals surface area contributed by atoms with Crippen LogP contribution in [0.25, 0.3) is 0 Å². The molecule has 0 amide bonds. The van der Waals surface area contributed by atoms with Crippen LogP contribution in [0.15, 0.2) is 42.5 Å². The van der Waals surface area contributed by atoms with Crippen molar-refractivity contribution in [1.82, 2.24) is 0 Å². The molecule has 0 aliphatic carbocycles. The lowest BCUT2D eigenvalue weighted by Crippen LogP contribution is -2.11. The van der Waals surface area contributed by atoms with Crippen LogP contribution in [0.3, 0.4) is 0 Å². The third-order valence-corrected chi connectivity index (χ3v) is 2.87. The van der Waals surface area contributed by atoms with Crippen molar-refractivity contribution in [2.45, 2.75) is 6.92 Å². The second-order valence-corrected chi connectivity index (χ2v) is 4.41. The molecule has 0 spiro atoms. The van der Waals surface area contributed by atoms with Gasteiger partial charge < -0.3 is 14.6 Å². The number of aromatic carboxylic acids is 1. The molecule has 2 rings (SSSR count). The lowest BCUT2D eigenvalue weighted by atomic mass is 10.2. The van der Waals surface area contributed by atoms with E-state index in [1.807, 2.05) is 0 Å². The third-order valence-electron chi connectivity index (χ3n) is 2.87. The number of rotatable bonds is 6. The third kappa shape index (κ3) is 3.95. The number of carbonyl (C=O) groups is 1. The first-order valence-corrected chi connectivity index (χ1v) is 6.42. The maximum Gasteiger partial charge on any atom is 0.339 e. The highest BCUT2D eigenvalue weighted by molar-refractivity contribution is 5.90. The summed E-state index contributed by atoms with van der Waals surface area (Å²) in [6, 6.07) is 11.0. The van der Waals surface area contributed by atoms with E-state index in [9.17, 15) is 9.18 Å². The predicted molar refractivity (Wildman–Crippen MR) is 75.5 cm³/mol. The zero-order valence-corrected chi connectivity index (χ0v) is 11.5. The molecule has 4 nitrogen and oxygen atoms in total. The second-order valence-electron chi connectivity index (χ2n) is 4.41. The molecule has 0 saturated heterocycles. The molecule has 0 aliphatic heterocycles. The van der Waals surface area contributed by atoms with Gasteiger partial charge in [0.25, 0.3) is 0 Å². The summed E-state index contributed by atoms with van der Waals surface area (Å²) in [5.41, 5.74) is 0.646. The quantitative estimate of drug-likeness (QED) is 0.829. The molecular weight excluding hydrogens is 275 g/mol. The van der Waals surface area contributed by atoms with Crippen molar-refractivity contribution in [3.8, 4) is 11.5 Å². The lowest BCUT2D eigenvalue weighted by molar-refractivity contribution is 0.0691. The van der Waals surface area contributed by atoms with Gasteiger partial charge in [0, 0.05) is 6.07 Å². The Kier molecular flexibility index (Phi) is 4.77. The van der Waals surface area contributed by atoms with Gasteiger partial charge >= 0.3 is 5.97 Å². The Hall–Kier alpha value is -2.56. The molecule has 21 heavy (non-hydrogen) atoms. The van der Waals surface area contributed by atoms with Gasteiger partial charge in [-0.2, -0.15) is 0 Å². The fourth-order valence-electron chi connectivity index (χ4n) is 1.74. The van der Waals surface area contributed by atoms with Crippen molar-refractivity contribution in [3.63, 3.8) is 0 Å². The van der Waals surface area contributed by atoms with Gasteiger partial charge in [-0.25, -0.2) is 9.18 Å². The highest BCUT2D eigenvalue weighted by Crippen LogP contribution is 2.18. The van der Waals surface area contributed by atoms with E-state index in [1.54, 1.807) is 37.3 Å². The van der Waals surface area contributed by atoms with Crippen molar-refractivity contribution >= 4 is 5.97 Å². The minimum Gasteiger partial charge on any atom is -0.490 e. The largest absolute Gasteiger partial charge is 0.490 e. The zero-order chi connectivity index (χ0) is 15.2. The molecule has 0 unspecified atom stereocenters.